The van der Waals surface area contributed by atoms with E-state index in [4.69, 9.17) is 4.74 Å². The third-order valence-corrected chi connectivity index (χ3v) is 4.86. The number of carbonyl (C=O) groups excluding carboxylic acids is 1. The number of carbonyl (C=O) groups is 1. The highest BCUT2D eigenvalue weighted by atomic mass is 32.2. The molecule has 1 fully saturated rings. The summed E-state index contributed by atoms with van der Waals surface area (Å²) in [6, 6.07) is 7.44. The predicted molar refractivity (Wildman–Crippen MR) is 83.7 cm³/mol. The first-order chi connectivity index (χ1) is 10.5. The van der Waals surface area contributed by atoms with Crippen LogP contribution in [-0.4, -0.2) is 51.5 Å². The smallest absolute Gasteiger partial charge is 0.279 e. The van der Waals surface area contributed by atoms with Crippen molar-refractivity contribution in [3.05, 3.63) is 29.8 Å². The molecule has 1 aliphatic rings. The first-order valence-corrected chi connectivity index (χ1v) is 8.60. The van der Waals surface area contributed by atoms with E-state index in [9.17, 15) is 13.2 Å². The van der Waals surface area contributed by atoms with E-state index in [0.717, 1.165) is 5.56 Å². The molecule has 1 heterocycles. The molecule has 8 heteroatoms. The molecule has 0 saturated carbocycles. The summed E-state index contributed by atoms with van der Waals surface area (Å²) in [4.78, 5) is 11.8. The summed E-state index contributed by atoms with van der Waals surface area (Å²) in [6.07, 6.45) is 0.0809. The SMILES string of the molecule is Cc1cccc(NC(=O)CCNS(=O)(=O)N2CCOCC2)c1. The third-order valence-electron chi connectivity index (χ3n) is 3.25. The number of ether oxygens (including phenoxy) is 1. The highest BCUT2D eigenvalue weighted by Gasteiger charge is 2.23. The largest absolute Gasteiger partial charge is 0.379 e. The molecule has 0 aromatic heterocycles. The monoisotopic (exact) mass is 327 g/mol. The Morgan fingerprint density at radius 3 is 2.73 bits per heavy atom. The van der Waals surface area contributed by atoms with Crippen molar-refractivity contribution in [2.45, 2.75) is 13.3 Å². The van der Waals surface area contributed by atoms with Gasteiger partial charge in [0, 0.05) is 31.7 Å². The number of morpholine rings is 1. The van der Waals surface area contributed by atoms with E-state index in [1.807, 2.05) is 25.1 Å². The van der Waals surface area contributed by atoms with Gasteiger partial charge in [0.15, 0.2) is 0 Å². The number of rotatable bonds is 6. The molecule has 0 spiro atoms. The first kappa shape index (κ1) is 16.9. The molecule has 0 radical (unpaired) electrons. The Morgan fingerprint density at radius 1 is 1.32 bits per heavy atom. The summed E-state index contributed by atoms with van der Waals surface area (Å²) < 4.78 is 32.9. The van der Waals surface area contributed by atoms with Crippen LogP contribution in [-0.2, 0) is 19.7 Å². The van der Waals surface area contributed by atoms with Gasteiger partial charge < -0.3 is 10.1 Å². The molecule has 7 nitrogen and oxygen atoms in total. The number of benzene rings is 1. The molecule has 0 unspecified atom stereocenters. The van der Waals surface area contributed by atoms with Crippen LogP contribution in [0.15, 0.2) is 24.3 Å². The minimum Gasteiger partial charge on any atom is -0.379 e. The quantitative estimate of drug-likeness (QED) is 0.796. The van der Waals surface area contributed by atoms with Crippen molar-refractivity contribution in [3.63, 3.8) is 0 Å². The number of hydrogen-bond acceptors (Lipinski definition) is 4. The maximum atomic E-state index is 12.0. The topological polar surface area (TPSA) is 87.7 Å². The van der Waals surface area contributed by atoms with E-state index >= 15 is 0 Å². The Kier molecular flexibility index (Phi) is 5.90. The Bertz CT molecular complexity index is 612. The van der Waals surface area contributed by atoms with Crippen LogP contribution in [0.3, 0.4) is 0 Å². The van der Waals surface area contributed by atoms with E-state index in [1.165, 1.54) is 4.31 Å². The van der Waals surface area contributed by atoms with Gasteiger partial charge in [0.1, 0.15) is 0 Å². The lowest BCUT2D eigenvalue weighted by Crippen LogP contribution is -2.47. The summed E-state index contributed by atoms with van der Waals surface area (Å²) in [5.74, 6) is -0.227. The van der Waals surface area contributed by atoms with E-state index in [0.29, 0.717) is 32.0 Å². The molecule has 22 heavy (non-hydrogen) atoms. The highest BCUT2D eigenvalue weighted by molar-refractivity contribution is 7.87. The maximum Gasteiger partial charge on any atom is 0.279 e. The second-order valence-electron chi connectivity index (χ2n) is 5.08. The van der Waals surface area contributed by atoms with Gasteiger partial charge in [0.2, 0.25) is 5.91 Å². The summed E-state index contributed by atoms with van der Waals surface area (Å²) in [5.41, 5.74) is 1.76. The van der Waals surface area contributed by atoms with Gasteiger partial charge in [-0.15, -0.1) is 0 Å². The molecular formula is C14H21N3O4S. The fourth-order valence-corrected chi connectivity index (χ4v) is 3.29. The van der Waals surface area contributed by atoms with Gasteiger partial charge in [-0.05, 0) is 24.6 Å². The van der Waals surface area contributed by atoms with E-state index in [2.05, 4.69) is 10.0 Å². The van der Waals surface area contributed by atoms with Gasteiger partial charge >= 0.3 is 0 Å². The molecular weight excluding hydrogens is 306 g/mol. The zero-order chi connectivity index (χ0) is 16.0. The molecule has 1 aromatic rings. The third kappa shape index (κ3) is 5.06. The van der Waals surface area contributed by atoms with Crippen molar-refractivity contribution in [1.82, 2.24) is 9.03 Å². The molecule has 0 aliphatic carbocycles. The second kappa shape index (κ2) is 7.68. The number of nitrogens with zero attached hydrogens (tertiary/aromatic N) is 1. The number of anilines is 1. The van der Waals surface area contributed by atoms with E-state index in [1.54, 1.807) is 6.07 Å². The molecule has 1 aromatic carbocycles. The highest BCUT2D eigenvalue weighted by Crippen LogP contribution is 2.09. The predicted octanol–water partition coefficient (Wildman–Crippen LogP) is 0.490. The number of hydrogen-bond donors (Lipinski definition) is 2. The summed E-state index contributed by atoms with van der Waals surface area (Å²) in [6.45, 7) is 3.47. The van der Waals surface area contributed by atoms with Crippen LogP contribution in [0.1, 0.15) is 12.0 Å². The minimum absolute atomic E-state index is 0.0668. The molecule has 1 amide bonds. The van der Waals surface area contributed by atoms with Crippen LogP contribution in [0, 0.1) is 6.92 Å². The van der Waals surface area contributed by atoms with E-state index < -0.39 is 10.2 Å². The molecule has 122 valence electrons. The van der Waals surface area contributed by atoms with Gasteiger partial charge in [0.05, 0.1) is 13.2 Å². The van der Waals surface area contributed by atoms with Gasteiger partial charge in [-0.1, -0.05) is 12.1 Å². The van der Waals surface area contributed by atoms with Crippen molar-refractivity contribution < 1.29 is 17.9 Å². The van der Waals surface area contributed by atoms with Crippen molar-refractivity contribution >= 4 is 21.8 Å². The van der Waals surface area contributed by atoms with Gasteiger partial charge in [0.25, 0.3) is 10.2 Å². The lowest BCUT2D eigenvalue weighted by atomic mass is 10.2. The van der Waals surface area contributed by atoms with Crippen molar-refractivity contribution in [2.75, 3.05) is 38.2 Å². The van der Waals surface area contributed by atoms with Crippen molar-refractivity contribution in [2.24, 2.45) is 0 Å². The van der Waals surface area contributed by atoms with Crippen LogP contribution in [0.25, 0.3) is 0 Å². The Morgan fingerprint density at radius 2 is 2.05 bits per heavy atom. The fourth-order valence-electron chi connectivity index (χ4n) is 2.12. The minimum atomic E-state index is -3.54. The Labute approximate surface area is 130 Å². The van der Waals surface area contributed by atoms with Crippen LogP contribution in [0.5, 0.6) is 0 Å². The van der Waals surface area contributed by atoms with Crippen LogP contribution >= 0.6 is 0 Å². The lowest BCUT2D eigenvalue weighted by Gasteiger charge is -2.26. The molecule has 2 N–H and O–H groups in total. The standard InChI is InChI=1S/C14H21N3O4S/c1-12-3-2-4-13(11-12)16-14(18)5-6-15-22(19,20)17-7-9-21-10-8-17/h2-4,11,15H,5-10H2,1H3,(H,16,18). The van der Waals surface area contributed by atoms with Gasteiger partial charge in [-0.25, -0.2) is 4.72 Å². The van der Waals surface area contributed by atoms with Gasteiger partial charge in [-0.3, -0.25) is 4.79 Å². The molecule has 0 bridgehead atoms. The zero-order valence-electron chi connectivity index (χ0n) is 12.5. The first-order valence-electron chi connectivity index (χ1n) is 7.16. The fraction of sp³-hybridized carbons (Fsp3) is 0.500. The van der Waals surface area contributed by atoms with E-state index in [-0.39, 0.29) is 18.9 Å². The molecule has 2 rings (SSSR count). The number of aryl methyl sites for hydroxylation is 1. The summed E-state index contributed by atoms with van der Waals surface area (Å²) in [7, 11) is -3.54. The molecule has 0 atom stereocenters. The average Bonchev–Trinajstić information content (AvgIpc) is 2.48. The Balaban J connectivity index is 1.76. The van der Waals surface area contributed by atoms with Gasteiger partial charge in [-0.2, -0.15) is 12.7 Å². The van der Waals surface area contributed by atoms with Crippen LogP contribution in [0.2, 0.25) is 0 Å². The van der Waals surface area contributed by atoms with Crippen molar-refractivity contribution in [1.29, 1.82) is 0 Å². The van der Waals surface area contributed by atoms with Crippen LogP contribution in [0.4, 0.5) is 5.69 Å². The molecule has 1 aliphatic heterocycles. The lowest BCUT2D eigenvalue weighted by molar-refractivity contribution is -0.116. The molecule has 1 saturated heterocycles. The van der Waals surface area contributed by atoms with Crippen molar-refractivity contribution in [3.8, 4) is 0 Å². The number of amides is 1. The summed E-state index contributed by atoms with van der Waals surface area (Å²) in [5, 5.41) is 2.74. The normalized spacial score (nSPS) is 16.4. The average molecular weight is 327 g/mol. The zero-order valence-corrected chi connectivity index (χ0v) is 13.4. The Hall–Kier alpha value is -1.48. The van der Waals surface area contributed by atoms with Crippen LogP contribution < -0.4 is 10.0 Å². The number of nitrogens with one attached hydrogen (secondary N) is 2. The second-order valence-corrected chi connectivity index (χ2v) is 6.83. The maximum absolute atomic E-state index is 12.0. The summed E-state index contributed by atoms with van der Waals surface area (Å²) >= 11 is 0.